The van der Waals surface area contributed by atoms with Crippen LogP contribution in [0.2, 0.25) is 0 Å². The van der Waals surface area contributed by atoms with E-state index in [1.54, 1.807) is 12.1 Å². The number of hydrogen-bond donors (Lipinski definition) is 3. The van der Waals surface area contributed by atoms with Crippen LogP contribution in [0.3, 0.4) is 0 Å². The zero-order valence-corrected chi connectivity index (χ0v) is 19.0. The summed E-state index contributed by atoms with van der Waals surface area (Å²) in [6.07, 6.45) is 0. The van der Waals surface area contributed by atoms with Gasteiger partial charge in [-0.2, -0.15) is 5.26 Å². The van der Waals surface area contributed by atoms with E-state index in [1.807, 2.05) is 44.2 Å². The Balaban J connectivity index is 1.64. The third-order valence-electron chi connectivity index (χ3n) is 5.11. The monoisotopic (exact) mass is 493 g/mol. The number of amides is 1. The molecule has 0 saturated carbocycles. The maximum absolute atomic E-state index is 12.4. The molecule has 2 heterocycles. The van der Waals surface area contributed by atoms with Gasteiger partial charge in [-0.05, 0) is 44.2 Å². The number of carbonyl (C=O) groups excluding carboxylic acids is 1. The van der Waals surface area contributed by atoms with Gasteiger partial charge in [-0.1, -0.05) is 33.6 Å². The van der Waals surface area contributed by atoms with E-state index in [4.69, 9.17) is 15.2 Å². The van der Waals surface area contributed by atoms with E-state index < -0.39 is 5.92 Å². The SMILES string of the molecule is Cc1ccc(NC(=O)COc2ccc(Br)cc2C2C(C#N)=C(N)Oc3n[nH]c(C)c32)cc1. The number of carbonyl (C=O) groups is 1. The Labute approximate surface area is 193 Å². The molecular weight excluding hydrogens is 474 g/mol. The van der Waals surface area contributed by atoms with Gasteiger partial charge in [0.2, 0.25) is 11.8 Å². The number of fused-ring (bicyclic) bond motifs is 1. The van der Waals surface area contributed by atoms with Crippen LogP contribution in [-0.4, -0.2) is 22.7 Å². The number of aryl methyl sites for hydroxylation is 2. The highest BCUT2D eigenvalue weighted by Crippen LogP contribution is 2.46. The van der Waals surface area contributed by atoms with Crippen molar-refractivity contribution < 1.29 is 14.3 Å². The van der Waals surface area contributed by atoms with Crippen LogP contribution in [0.5, 0.6) is 11.6 Å². The average Bonchev–Trinajstić information content (AvgIpc) is 3.13. The fraction of sp³-hybridized carbons (Fsp3) is 0.174. The van der Waals surface area contributed by atoms with Gasteiger partial charge in [0.05, 0.1) is 5.92 Å². The minimum Gasteiger partial charge on any atom is -0.483 e. The first-order valence-corrected chi connectivity index (χ1v) is 10.6. The van der Waals surface area contributed by atoms with Crippen LogP contribution in [0.1, 0.15) is 28.3 Å². The maximum Gasteiger partial charge on any atom is 0.262 e. The molecule has 9 heteroatoms. The lowest BCUT2D eigenvalue weighted by Crippen LogP contribution is -2.23. The van der Waals surface area contributed by atoms with E-state index in [2.05, 4.69) is 37.5 Å². The normalized spacial score (nSPS) is 14.9. The van der Waals surface area contributed by atoms with Gasteiger partial charge < -0.3 is 20.5 Å². The summed E-state index contributed by atoms with van der Waals surface area (Å²) in [4.78, 5) is 12.4. The Morgan fingerprint density at radius 2 is 2.06 bits per heavy atom. The highest BCUT2D eigenvalue weighted by Gasteiger charge is 2.36. The van der Waals surface area contributed by atoms with Gasteiger partial charge in [0, 0.05) is 27.0 Å². The van der Waals surface area contributed by atoms with Crippen molar-refractivity contribution in [3.8, 4) is 17.7 Å². The minimum atomic E-state index is -0.560. The number of aromatic amines is 1. The number of ether oxygens (including phenoxy) is 2. The van der Waals surface area contributed by atoms with Gasteiger partial charge in [-0.25, -0.2) is 0 Å². The smallest absolute Gasteiger partial charge is 0.262 e. The number of rotatable bonds is 5. The standard InChI is InChI=1S/C23H20BrN5O3/c1-12-3-6-15(7-4-12)27-19(30)11-31-18-8-5-14(24)9-16(18)21-17(10-25)22(26)32-23-20(21)13(2)28-29-23/h3-9,21H,11,26H2,1-2H3,(H,27,30)(H,28,29). The molecule has 0 spiro atoms. The molecule has 3 aromatic rings. The van der Waals surface area contributed by atoms with E-state index in [-0.39, 0.29) is 24.0 Å². The molecule has 0 aliphatic carbocycles. The van der Waals surface area contributed by atoms with Crippen LogP contribution in [0.25, 0.3) is 0 Å². The van der Waals surface area contributed by atoms with Crippen molar-refractivity contribution >= 4 is 27.5 Å². The number of H-pyrrole nitrogens is 1. The van der Waals surface area contributed by atoms with Gasteiger partial charge in [0.15, 0.2) is 6.61 Å². The van der Waals surface area contributed by atoms with Crippen molar-refractivity contribution in [2.24, 2.45) is 5.73 Å². The zero-order valence-electron chi connectivity index (χ0n) is 17.4. The Bertz CT molecular complexity index is 1260. The Morgan fingerprint density at radius 3 is 2.78 bits per heavy atom. The van der Waals surface area contributed by atoms with Crippen LogP contribution in [0, 0.1) is 25.2 Å². The first-order chi connectivity index (χ1) is 15.4. The molecule has 4 rings (SSSR count). The summed E-state index contributed by atoms with van der Waals surface area (Å²) in [7, 11) is 0. The van der Waals surface area contributed by atoms with E-state index in [1.165, 1.54) is 0 Å². The quantitative estimate of drug-likeness (QED) is 0.492. The maximum atomic E-state index is 12.4. The predicted octanol–water partition coefficient (Wildman–Crippen LogP) is 4.02. The molecular formula is C23H20BrN5O3. The van der Waals surface area contributed by atoms with Crippen molar-refractivity contribution in [3.63, 3.8) is 0 Å². The molecule has 0 radical (unpaired) electrons. The van der Waals surface area contributed by atoms with Gasteiger partial charge >= 0.3 is 0 Å². The van der Waals surface area contributed by atoms with Crippen LogP contribution in [-0.2, 0) is 4.79 Å². The molecule has 1 aliphatic rings. The number of allylic oxidation sites excluding steroid dienone is 1. The molecule has 2 aromatic carbocycles. The van der Waals surface area contributed by atoms with Crippen molar-refractivity contribution in [2.75, 3.05) is 11.9 Å². The number of anilines is 1. The molecule has 1 amide bonds. The lowest BCUT2D eigenvalue weighted by Gasteiger charge is -2.25. The summed E-state index contributed by atoms with van der Waals surface area (Å²) in [6, 6.07) is 15.0. The summed E-state index contributed by atoms with van der Waals surface area (Å²) in [6.45, 7) is 3.61. The van der Waals surface area contributed by atoms with Gasteiger partial charge in [0.25, 0.3) is 5.91 Å². The third kappa shape index (κ3) is 4.18. The number of nitrogens with two attached hydrogens (primary N) is 1. The first-order valence-electron chi connectivity index (χ1n) is 9.78. The summed E-state index contributed by atoms with van der Waals surface area (Å²) in [5.41, 5.74) is 10.1. The summed E-state index contributed by atoms with van der Waals surface area (Å²) >= 11 is 3.48. The lowest BCUT2D eigenvalue weighted by molar-refractivity contribution is -0.118. The van der Waals surface area contributed by atoms with Crippen molar-refractivity contribution in [3.05, 3.63) is 80.8 Å². The molecule has 8 nitrogen and oxygen atoms in total. The highest BCUT2D eigenvalue weighted by atomic mass is 79.9. The van der Waals surface area contributed by atoms with Crippen molar-refractivity contribution in [1.29, 1.82) is 5.26 Å². The van der Waals surface area contributed by atoms with Crippen molar-refractivity contribution in [1.82, 2.24) is 10.2 Å². The van der Waals surface area contributed by atoms with Gasteiger partial charge in [-0.3, -0.25) is 9.89 Å². The number of nitrogens with one attached hydrogen (secondary N) is 2. The molecule has 0 bridgehead atoms. The van der Waals surface area contributed by atoms with E-state index in [0.29, 0.717) is 28.4 Å². The Kier molecular flexibility index (Phi) is 5.88. The number of halogens is 1. The number of aromatic nitrogens is 2. The Hall–Kier alpha value is -3.77. The van der Waals surface area contributed by atoms with E-state index >= 15 is 0 Å². The molecule has 32 heavy (non-hydrogen) atoms. The van der Waals surface area contributed by atoms with Crippen LogP contribution in [0.4, 0.5) is 5.69 Å². The molecule has 0 saturated heterocycles. The average molecular weight is 494 g/mol. The van der Waals surface area contributed by atoms with Gasteiger partial charge in [0.1, 0.15) is 17.4 Å². The molecule has 1 atom stereocenters. The van der Waals surface area contributed by atoms with E-state index in [9.17, 15) is 10.1 Å². The molecule has 1 unspecified atom stereocenters. The van der Waals surface area contributed by atoms with Crippen LogP contribution in [0.15, 0.2) is 58.4 Å². The molecule has 1 aromatic heterocycles. The van der Waals surface area contributed by atoms with Crippen LogP contribution >= 0.6 is 15.9 Å². The Morgan fingerprint density at radius 1 is 1.31 bits per heavy atom. The topological polar surface area (TPSA) is 126 Å². The molecule has 4 N–H and O–H groups in total. The number of nitriles is 1. The second kappa shape index (κ2) is 8.77. The lowest BCUT2D eigenvalue weighted by atomic mass is 9.83. The van der Waals surface area contributed by atoms with Crippen molar-refractivity contribution in [2.45, 2.75) is 19.8 Å². The minimum absolute atomic E-state index is 0.0143. The van der Waals surface area contributed by atoms with Gasteiger partial charge in [-0.15, -0.1) is 5.10 Å². The fourth-order valence-electron chi connectivity index (χ4n) is 3.56. The predicted molar refractivity (Wildman–Crippen MR) is 122 cm³/mol. The third-order valence-corrected chi connectivity index (χ3v) is 5.60. The van der Waals surface area contributed by atoms with Crippen LogP contribution < -0.4 is 20.5 Å². The number of benzene rings is 2. The fourth-order valence-corrected chi connectivity index (χ4v) is 3.94. The summed E-state index contributed by atoms with van der Waals surface area (Å²) < 4.78 is 12.2. The summed E-state index contributed by atoms with van der Waals surface area (Å²) in [5.74, 6) is -0.113. The second-order valence-electron chi connectivity index (χ2n) is 7.38. The first kappa shape index (κ1) is 21.5. The number of nitrogens with zero attached hydrogens (tertiary/aromatic N) is 2. The molecule has 0 fully saturated rings. The number of hydrogen-bond acceptors (Lipinski definition) is 6. The highest BCUT2D eigenvalue weighted by molar-refractivity contribution is 9.10. The summed E-state index contributed by atoms with van der Waals surface area (Å²) in [5, 5.41) is 19.6. The molecule has 1 aliphatic heterocycles. The van der Waals surface area contributed by atoms with E-state index in [0.717, 1.165) is 15.7 Å². The second-order valence-corrected chi connectivity index (χ2v) is 8.29. The largest absolute Gasteiger partial charge is 0.483 e. The zero-order chi connectivity index (χ0) is 22.8. The molecule has 162 valence electrons.